The third-order valence-corrected chi connectivity index (χ3v) is 3.33. The minimum Gasteiger partial charge on any atom is -0.459 e. The molecule has 1 aromatic heterocycles. The number of benzene rings is 1. The Hall–Kier alpha value is -2.07. The first-order valence-corrected chi connectivity index (χ1v) is 6.63. The lowest BCUT2D eigenvalue weighted by molar-refractivity contribution is 0.0913. The molecule has 20 heavy (non-hydrogen) atoms. The molecule has 1 N–H and O–H groups in total. The summed E-state index contributed by atoms with van der Waals surface area (Å²) >= 11 is 0. The summed E-state index contributed by atoms with van der Waals surface area (Å²) < 4.78 is 5.20. The van der Waals surface area contributed by atoms with E-state index >= 15 is 0 Å². The predicted molar refractivity (Wildman–Crippen MR) is 78.6 cm³/mol. The molecule has 2 aromatic rings. The average molecular weight is 272 g/mol. The van der Waals surface area contributed by atoms with Crippen LogP contribution < -0.4 is 5.32 Å². The van der Waals surface area contributed by atoms with E-state index in [9.17, 15) is 4.79 Å². The highest BCUT2D eigenvalue weighted by atomic mass is 16.3. The molecule has 1 heterocycles. The molecule has 0 aliphatic heterocycles. The molecule has 0 unspecified atom stereocenters. The SMILES string of the molecule is Cc1ccoc1C(=O)NC[C@H](c1ccccc1)N(C)C. The van der Waals surface area contributed by atoms with Gasteiger partial charge in [0.2, 0.25) is 0 Å². The highest BCUT2D eigenvalue weighted by Crippen LogP contribution is 2.17. The lowest BCUT2D eigenvalue weighted by Crippen LogP contribution is -2.34. The number of aryl methyl sites for hydroxylation is 1. The molecule has 1 amide bonds. The Balaban J connectivity index is 2.04. The standard InChI is InChI=1S/C16H20N2O2/c1-12-9-10-20-15(12)16(19)17-11-14(18(2)3)13-7-5-4-6-8-13/h4-10,14H,11H2,1-3H3,(H,17,19)/t14-/m1/s1. The minimum absolute atomic E-state index is 0.135. The predicted octanol–water partition coefficient (Wildman–Crippen LogP) is 2.62. The van der Waals surface area contributed by atoms with Crippen LogP contribution in [0.1, 0.15) is 27.7 Å². The fourth-order valence-corrected chi connectivity index (χ4v) is 2.15. The van der Waals surface area contributed by atoms with E-state index in [1.165, 1.54) is 11.8 Å². The summed E-state index contributed by atoms with van der Waals surface area (Å²) in [6, 6.07) is 12.0. The zero-order valence-electron chi connectivity index (χ0n) is 12.1. The molecule has 0 fully saturated rings. The van der Waals surface area contributed by atoms with Gasteiger partial charge in [0.1, 0.15) is 0 Å². The van der Waals surface area contributed by atoms with Crippen molar-refractivity contribution in [3.05, 3.63) is 59.5 Å². The summed E-state index contributed by atoms with van der Waals surface area (Å²) in [5.74, 6) is 0.214. The fraction of sp³-hybridized carbons (Fsp3) is 0.312. The largest absolute Gasteiger partial charge is 0.459 e. The molecule has 1 atom stereocenters. The summed E-state index contributed by atoms with van der Waals surface area (Å²) in [7, 11) is 4.00. The van der Waals surface area contributed by atoms with Crippen molar-refractivity contribution in [2.24, 2.45) is 0 Å². The Morgan fingerprint density at radius 3 is 2.50 bits per heavy atom. The topological polar surface area (TPSA) is 45.5 Å². The zero-order chi connectivity index (χ0) is 14.5. The van der Waals surface area contributed by atoms with Gasteiger partial charge in [0.15, 0.2) is 5.76 Å². The quantitative estimate of drug-likeness (QED) is 0.910. The van der Waals surface area contributed by atoms with Gasteiger partial charge in [0.05, 0.1) is 12.3 Å². The molecule has 2 rings (SSSR count). The zero-order valence-corrected chi connectivity index (χ0v) is 12.1. The van der Waals surface area contributed by atoms with Crippen LogP contribution in [0.4, 0.5) is 0 Å². The van der Waals surface area contributed by atoms with Crippen molar-refractivity contribution in [2.75, 3.05) is 20.6 Å². The van der Waals surface area contributed by atoms with Crippen molar-refractivity contribution in [1.29, 1.82) is 0 Å². The maximum absolute atomic E-state index is 12.1. The summed E-state index contributed by atoms with van der Waals surface area (Å²) in [6.45, 7) is 2.40. The Morgan fingerprint density at radius 2 is 1.95 bits per heavy atom. The summed E-state index contributed by atoms with van der Waals surface area (Å²) in [4.78, 5) is 14.1. The first-order chi connectivity index (χ1) is 9.59. The molecule has 0 bridgehead atoms. The van der Waals surface area contributed by atoms with E-state index in [0.717, 1.165) is 5.56 Å². The van der Waals surface area contributed by atoms with Crippen LogP contribution in [0.25, 0.3) is 0 Å². The number of amides is 1. The van der Waals surface area contributed by atoms with Crippen LogP contribution in [0.5, 0.6) is 0 Å². The Morgan fingerprint density at radius 1 is 1.25 bits per heavy atom. The van der Waals surface area contributed by atoms with E-state index in [-0.39, 0.29) is 11.9 Å². The Bertz CT molecular complexity index is 561. The number of carbonyl (C=O) groups is 1. The number of hydrogen-bond donors (Lipinski definition) is 1. The third kappa shape index (κ3) is 3.27. The highest BCUT2D eigenvalue weighted by Gasteiger charge is 2.17. The molecule has 0 aliphatic carbocycles. The molecule has 1 aromatic carbocycles. The van der Waals surface area contributed by atoms with Gasteiger partial charge >= 0.3 is 0 Å². The number of nitrogens with one attached hydrogen (secondary N) is 1. The van der Waals surface area contributed by atoms with E-state index in [1.807, 2.05) is 39.2 Å². The van der Waals surface area contributed by atoms with Gasteiger partial charge in [-0.15, -0.1) is 0 Å². The first kappa shape index (κ1) is 14.3. The van der Waals surface area contributed by atoms with Gasteiger partial charge in [-0.1, -0.05) is 30.3 Å². The first-order valence-electron chi connectivity index (χ1n) is 6.63. The normalized spacial score (nSPS) is 12.4. The molecule has 4 heteroatoms. The van der Waals surface area contributed by atoms with E-state index in [0.29, 0.717) is 12.3 Å². The van der Waals surface area contributed by atoms with Crippen LogP contribution >= 0.6 is 0 Å². The molecule has 0 spiro atoms. The molecule has 0 saturated heterocycles. The summed E-state index contributed by atoms with van der Waals surface area (Å²) in [5, 5.41) is 2.93. The number of furan rings is 1. The van der Waals surface area contributed by atoms with Crippen molar-refractivity contribution in [2.45, 2.75) is 13.0 Å². The maximum Gasteiger partial charge on any atom is 0.287 e. The third-order valence-electron chi connectivity index (χ3n) is 3.33. The molecule has 106 valence electrons. The lowest BCUT2D eigenvalue weighted by Gasteiger charge is -2.25. The summed E-state index contributed by atoms with van der Waals surface area (Å²) in [5.41, 5.74) is 2.03. The molecule has 4 nitrogen and oxygen atoms in total. The van der Waals surface area contributed by atoms with Crippen LogP contribution in [0.3, 0.4) is 0 Å². The molecule has 0 saturated carbocycles. The van der Waals surface area contributed by atoms with Crippen LogP contribution in [0.2, 0.25) is 0 Å². The second-order valence-electron chi connectivity index (χ2n) is 5.03. The van der Waals surface area contributed by atoms with Gasteiger partial charge in [0, 0.05) is 12.1 Å². The van der Waals surface area contributed by atoms with Gasteiger partial charge in [-0.2, -0.15) is 0 Å². The number of nitrogens with zero attached hydrogens (tertiary/aromatic N) is 1. The monoisotopic (exact) mass is 272 g/mol. The smallest absolute Gasteiger partial charge is 0.287 e. The highest BCUT2D eigenvalue weighted by molar-refractivity contribution is 5.92. The summed E-state index contributed by atoms with van der Waals surface area (Å²) in [6.07, 6.45) is 1.53. The number of hydrogen-bond acceptors (Lipinski definition) is 3. The van der Waals surface area contributed by atoms with Gasteiger partial charge in [0.25, 0.3) is 5.91 Å². The number of likely N-dealkylation sites (N-methyl/N-ethyl adjacent to an activating group) is 1. The molecule has 0 radical (unpaired) electrons. The maximum atomic E-state index is 12.1. The average Bonchev–Trinajstić information content (AvgIpc) is 2.86. The van der Waals surface area contributed by atoms with Crippen LogP contribution in [0, 0.1) is 6.92 Å². The van der Waals surface area contributed by atoms with Crippen molar-refractivity contribution in [3.8, 4) is 0 Å². The second-order valence-corrected chi connectivity index (χ2v) is 5.03. The molecule has 0 aliphatic rings. The van der Waals surface area contributed by atoms with E-state index in [4.69, 9.17) is 4.42 Å². The van der Waals surface area contributed by atoms with Crippen molar-refractivity contribution < 1.29 is 9.21 Å². The van der Waals surface area contributed by atoms with E-state index < -0.39 is 0 Å². The van der Waals surface area contributed by atoms with E-state index in [2.05, 4.69) is 22.3 Å². The second kappa shape index (κ2) is 6.39. The Labute approximate surface area is 119 Å². The van der Waals surface area contributed by atoms with Crippen LogP contribution in [-0.2, 0) is 0 Å². The van der Waals surface area contributed by atoms with Gasteiger partial charge in [-0.3, -0.25) is 4.79 Å². The van der Waals surface area contributed by atoms with Crippen LogP contribution in [0.15, 0.2) is 47.1 Å². The van der Waals surface area contributed by atoms with Crippen molar-refractivity contribution >= 4 is 5.91 Å². The van der Waals surface area contributed by atoms with Gasteiger partial charge in [-0.25, -0.2) is 0 Å². The van der Waals surface area contributed by atoms with Crippen LogP contribution in [-0.4, -0.2) is 31.4 Å². The minimum atomic E-state index is -0.171. The molecular formula is C16H20N2O2. The lowest BCUT2D eigenvalue weighted by atomic mass is 10.1. The van der Waals surface area contributed by atoms with Gasteiger partial charge in [-0.05, 0) is 32.6 Å². The fourth-order valence-electron chi connectivity index (χ4n) is 2.15. The van der Waals surface area contributed by atoms with Crippen molar-refractivity contribution in [1.82, 2.24) is 10.2 Å². The molecular weight excluding hydrogens is 252 g/mol. The Kier molecular flexibility index (Phi) is 4.58. The number of carbonyl (C=O) groups excluding carboxylic acids is 1. The van der Waals surface area contributed by atoms with Gasteiger partial charge < -0.3 is 14.6 Å². The van der Waals surface area contributed by atoms with E-state index in [1.54, 1.807) is 6.07 Å². The number of rotatable bonds is 5. The van der Waals surface area contributed by atoms with Crippen molar-refractivity contribution in [3.63, 3.8) is 0 Å².